The second-order valence-corrected chi connectivity index (χ2v) is 4.07. The summed E-state index contributed by atoms with van der Waals surface area (Å²) in [5.41, 5.74) is 1.94. The van der Waals surface area contributed by atoms with Crippen molar-refractivity contribution in [2.75, 3.05) is 5.32 Å². The van der Waals surface area contributed by atoms with E-state index in [0.717, 1.165) is 5.69 Å². The first-order chi connectivity index (χ1) is 9.15. The summed E-state index contributed by atoms with van der Waals surface area (Å²) in [6.07, 6.45) is 4.62. The van der Waals surface area contributed by atoms with Crippen molar-refractivity contribution in [2.24, 2.45) is 0 Å². The first kappa shape index (κ1) is 13.0. The highest BCUT2D eigenvalue weighted by Gasteiger charge is 2.02. The van der Waals surface area contributed by atoms with Crippen molar-refractivity contribution in [3.63, 3.8) is 0 Å². The van der Waals surface area contributed by atoms with E-state index in [2.05, 4.69) is 10.3 Å². The summed E-state index contributed by atoms with van der Waals surface area (Å²) in [4.78, 5) is 15.8. The number of aromatic nitrogens is 1. The lowest BCUT2D eigenvalue weighted by Crippen LogP contribution is -2.01. The van der Waals surface area contributed by atoms with Gasteiger partial charge in [-0.25, -0.2) is 4.39 Å². The Morgan fingerprint density at radius 2 is 2.00 bits per heavy atom. The van der Waals surface area contributed by atoms with Crippen molar-refractivity contribution in [3.05, 3.63) is 71.9 Å². The number of rotatable bonds is 4. The maximum atomic E-state index is 12.8. The van der Waals surface area contributed by atoms with Crippen molar-refractivity contribution in [1.82, 2.24) is 4.98 Å². The molecule has 4 heteroatoms. The molecule has 0 aliphatic heterocycles. The topological polar surface area (TPSA) is 42.0 Å². The lowest BCUT2D eigenvalue weighted by molar-refractivity contribution is 0.104. The summed E-state index contributed by atoms with van der Waals surface area (Å²) in [6, 6.07) is 9.36. The van der Waals surface area contributed by atoms with E-state index >= 15 is 0 Å². The number of hydrogen-bond acceptors (Lipinski definition) is 3. The second-order valence-electron chi connectivity index (χ2n) is 4.07. The highest BCUT2D eigenvalue weighted by molar-refractivity contribution is 6.04. The van der Waals surface area contributed by atoms with Crippen LogP contribution < -0.4 is 5.32 Å². The maximum absolute atomic E-state index is 12.8. The molecule has 2 aromatic rings. The van der Waals surface area contributed by atoms with Gasteiger partial charge in [0.1, 0.15) is 5.82 Å². The highest BCUT2D eigenvalue weighted by atomic mass is 19.1. The number of anilines is 1. The first-order valence-corrected chi connectivity index (χ1v) is 5.80. The van der Waals surface area contributed by atoms with E-state index in [4.69, 9.17) is 0 Å². The largest absolute Gasteiger partial charge is 0.359 e. The average molecular weight is 256 g/mol. The van der Waals surface area contributed by atoms with E-state index in [1.165, 1.54) is 24.4 Å². The van der Waals surface area contributed by atoms with Crippen LogP contribution in [0.5, 0.6) is 0 Å². The van der Waals surface area contributed by atoms with Crippen molar-refractivity contribution < 1.29 is 9.18 Å². The zero-order valence-corrected chi connectivity index (χ0v) is 10.4. The van der Waals surface area contributed by atoms with Gasteiger partial charge in [0.05, 0.1) is 0 Å². The van der Waals surface area contributed by atoms with Crippen LogP contribution in [0.15, 0.2) is 60.6 Å². The highest BCUT2D eigenvalue weighted by Crippen LogP contribution is 2.11. The van der Waals surface area contributed by atoms with Crippen LogP contribution in [0.3, 0.4) is 0 Å². The number of nitrogens with one attached hydrogen (secondary N) is 1. The Kier molecular flexibility index (Phi) is 4.03. The molecule has 0 unspecified atom stereocenters. The first-order valence-electron chi connectivity index (χ1n) is 5.80. The normalized spacial score (nSPS) is 11.2. The summed E-state index contributed by atoms with van der Waals surface area (Å²) in [5.74, 6) is -0.418. The molecule has 0 bridgehead atoms. The van der Waals surface area contributed by atoms with Gasteiger partial charge in [0.15, 0.2) is 5.78 Å². The minimum atomic E-state index is -0.293. The average Bonchev–Trinajstić information content (AvgIpc) is 2.42. The van der Waals surface area contributed by atoms with E-state index in [0.29, 0.717) is 11.3 Å². The van der Waals surface area contributed by atoms with Crippen LogP contribution in [-0.4, -0.2) is 10.8 Å². The van der Waals surface area contributed by atoms with Gasteiger partial charge in [-0.1, -0.05) is 0 Å². The molecule has 0 saturated carbocycles. The molecular formula is C15H13FN2O. The number of allylic oxidation sites excluding steroid dienone is 2. The minimum absolute atomic E-state index is 0.125. The van der Waals surface area contributed by atoms with Gasteiger partial charge in [-0.3, -0.25) is 9.78 Å². The molecule has 0 atom stereocenters. The zero-order valence-electron chi connectivity index (χ0n) is 10.4. The summed E-state index contributed by atoms with van der Waals surface area (Å²) >= 11 is 0. The van der Waals surface area contributed by atoms with Crippen LogP contribution in [0.1, 0.15) is 17.3 Å². The Morgan fingerprint density at radius 1 is 1.26 bits per heavy atom. The monoisotopic (exact) mass is 256 g/mol. The molecular weight excluding hydrogens is 243 g/mol. The van der Waals surface area contributed by atoms with Gasteiger partial charge >= 0.3 is 0 Å². The lowest BCUT2D eigenvalue weighted by Gasteiger charge is -2.06. The van der Waals surface area contributed by atoms with E-state index in [-0.39, 0.29) is 11.6 Å². The Balaban J connectivity index is 2.07. The predicted octanol–water partition coefficient (Wildman–Crippen LogP) is 3.42. The SMILES string of the molecule is CC(=CC(=O)c1cccnc1)Nc1ccc(F)cc1. The predicted molar refractivity (Wildman–Crippen MR) is 72.3 cm³/mol. The Labute approximate surface area is 110 Å². The number of benzene rings is 1. The fourth-order valence-corrected chi connectivity index (χ4v) is 1.59. The third-order valence-electron chi connectivity index (χ3n) is 2.48. The van der Waals surface area contributed by atoms with Crippen LogP contribution in [0, 0.1) is 5.82 Å². The van der Waals surface area contributed by atoms with Gasteiger partial charge in [0, 0.05) is 35.4 Å². The standard InChI is InChI=1S/C15H13FN2O/c1-11(18-14-6-4-13(16)5-7-14)9-15(19)12-3-2-8-17-10-12/h2-10,18H,1H3. The van der Waals surface area contributed by atoms with Gasteiger partial charge in [-0.15, -0.1) is 0 Å². The Bertz CT molecular complexity index is 591. The number of nitrogens with zero attached hydrogens (tertiary/aromatic N) is 1. The second kappa shape index (κ2) is 5.91. The van der Waals surface area contributed by atoms with Crippen LogP contribution in [0.2, 0.25) is 0 Å². The van der Waals surface area contributed by atoms with Gasteiger partial charge in [-0.2, -0.15) is 0 Å². The molecule has 0 amide bonds. The van der Waals surface area contributed by atoms with Crippen LogP contribution >= 0.6 is 0 Å². The summed E-state index contributed by atoms with van der Waals surface area (Å²) in [7, 11) is 0. The summed E-state index contributed by atoms with van der Waals surface area (Å²) in [5, 5.41) is 3.02. The van der Waals surface area contributed by atoms with Crippen LogP contribution in [-0.2, 0) is 0 Å². The molecule has 0 saturated heterocycles. The third kappa shape index (κ3) is 3.74. The van der Waals surface area contributed by atoms with Crippen molar-refractivity contribution in [2.45, 2.75) is 6.92 Å². The van der Waals surface area contributed by atoms with Crippen LogP contribution in [0.25, 0.3) is 0 Å². The quantitative estimate of drug-likeness (QED) is 0.673. The summed E-state index contributed by atoms with van der Waals surface area (Å²) < 4.78 is 12.8. The number of hydrogen-bond donors (Lipinski definition) is 1. The minimum Gasteiger partial charge on any atom is -0.359 e. The van der Waals surface area contributed by atoms with Gasteiger partial charge in [0.25, 0.3) is 0 Å². The Hall–Kier alpha value is -2.49. The number of ketones is 1. The smallest absolute Gasteiger partial charge is 0.189 e. The maximum Gasteiger partial charge on any atom is 0.189 e. The van der Waals surface area contributed by atoms with Gasteiger partial charge in [0.2, 0.25) is 0 Å². The van der Waals surface area contributed by atoms with E-state index < -0.39 is 0 Å². The van der Waals surface area contributed by atoms with Crippen molar-refractivity contribution in [3.8, 4) is 0 Å². The molecule has 3 nitrogen and oxygen atoms in total. The van der Waals surface area contributed by atoms with E-state index in [1.807, 2.05) is 0 Å². The Morgan fingerprint density at radius 3 is 2.63 bits per heavy atom. The molecule has 0 spiro atoms. The van der Waals surface area contributed by atoms with Gasteiger partial charge in [-0.05, 0) is 43.3 Å². The molecule has 19 heavy (non-hydrogen) atoms. The molecule has 96 valence electrons. The van der Waals surface area contributed by atoms with E-state index in [1.54, 1.807) is 37.4 Å². The molecule has 0 aliphatic rings. The van der Waals surface area contributed by atoms with Crippen LogP contribution in [0.4, 0.5) is 10.1 Å². The number of carbonyl (C=O) groups excluding carboxylic acids is 1. The molecule has 0 radical (unpaired) electrons. The number of halogens is 1. The molecule has 1 aromatic carbocycles. The number of pyridine rings is 1. The molecule has 1 N–H and O–H groups in total. The van der Waals surface area contributed by atoms with Gasteiger partial charge < -0.3 is 5.32 Å². The molecule has 1 heterocycles. The van der Waals surface area contributed by atoms with Crippen molar-refractivity contribution >= 4 is 11.5 Å². The fraction of sp³-hybridized carbons (Fsp3) is 0.0667. The third-order valence-corrected chi connectivity index (χ3v) is 2.48. The number of carbonyl (C=O) groups is 1. The molecule has 0 aliphatic carbocycles. The van der Waals surface area contributed by atoms with E-state index in [9.17, 15) is 9.18 Å². The zero-order chi connectivity index (χ0) is 13.7. The molecule has 0 fully saturated rings. The molecule has 2 rings (SSSR count). The lowest BCUT2D eigenvalue weighted by atomic mass is 10.1. The summed E-state index contributed by atoms with van der Waals surface area (Å²) in [6.45, 7) is 1.78. The van der Waals surface area contributed by atoms with Crippen molar-refractivity contribution in [1.29, 1.82) is 0 Å². The molecule has 1 aromatic heterocycles. The fourth-order valence-electron chi connectivity index (χ4n) is 1.59.